The predicted octanol–water partition coefficient (Wildman–Crippen LogP) is 2.51. The Morgan fingerprint density at radius 1 is 1.00 bits per heavy atom. The van der Waals surface area contributed by atoms with Gasteiger partial charge in [-0.1, -0.05) is 0 Å². The van der Waals surface area contributed by atoms with Crippen LogP contribution in [0, 0.1) is 0 Å². The van der Waals surface area contributed by atoms with Crippen LogP contribution in [0.2, 0.25) is 0 Å². The highest BCUT2D eigenvalue weighted by atomic mass is 16.6. The first kappa shape index (κ1) is 16.2. The Kier molecular flexibility index (Phi) is 6.27. The molecule has 2 aliphatic heterocycles. The summed E-state index contributed by atoms with van der Waals surface area (Å²) in [5.41, 5.74) is 0.163. The summed E-state index contributed by atoms with van der Waals surface area (Å²) in [6, 6.07) is 0. The number of hydrogen-bond acceptors (Lipinski definition) is 4. The van der Waals surface area contributed by atoms with Gasteiger partial charge in [0, 0.05) is 18.7 Å². The highest BCUT2D eigenvalue weighted by molar-refractivity contribution is 4.79. The molecule has 0 aliphatic carbocycles. The van der Waals surface area contributed by atoms with E-state index in [1.54, 1.807) is 0 Å². The van der Waals surface area contributed by atoms with E-state index in [9.17, 15) is 0 Å². The SMILES string of the molecule is CC(C)(C)NCC1CCC(COCC2CCCCO2)O1. The number of rotatable bonds is 6. The zero-order valence-corrected chi connectivity index (χ0v) is 13.3. The van der Waals surface area contributed by atoms with Gasteiger partial charge in [-0.05, 0) is 52.9 Å². The molecule has 2 heterocycles. The highest BCUT2D eigenvalue weighted by Crippen LogP contribution is 2.20. The maximum atomic E-state index is 6.02. The van der Waals surface area contributed by atoms with Crippen molar-refractivity contribution in [2.75, 3.05) is 26.4 Å². The van der Waals surface area contributed by atoms with Gasteiger partial charge in [0.1, 0.15) is 0 Å². The molecule has 2 fully saturated rings. The molecule has 0 bridgehead atoms. The van der Waals surface area contributed by atoms with Gasteiger partial charge in [-0.25, -0.2) is 0 Å². The average molecular weight is 285 g/mol. The second-order valence-electron chi connectivity index (χ2n) is 7.11. The second-order valence-corrected chi connectivity index (χ2v) is 7.11. The number of nitrogens with one attached hydrogen (secondary N) is 1. The van der Waals surface area contributed by atoms with Crippen molar-refractivity contribution in [3.8, 4) is 0 Å². The van der Waals surface area contributed by atoms with Gasteiger partial charge in [0.05, 0.1) is 31.5 Å². The van der Waals surface area contributed by atoms with Crippen molar-refractivity contribution in [3.63, 3.8) is 0 Å². The molecule has 4 nitrogen and oxygen atoms in total. The highest BCUT2D eigenvalue weighted by Gasteiger charge is 2.26. The van der Waals surface area contributed by atoms with Crippen molar-refractivity contribution in [3.05, 3.63) is 0 Å². The fourth-order valence-electron chi connectivity index (χ4n) is 2.74. The number of ether oxygens (including phenoxy) is 3. The van der Waals surface area contributed by atoms with Gasteiger partial charge in [-0.15, -0.1) is 0 Å². The quantitative estimate of drug-likeness (QED) is 0.814. The Morgan fingerprint density at radius 2 is 1.75 bits per heavy atom. The Hall–Kier alpha value is -0.160. The van der Waals surface area contributed by atoms with Crippen LogP contribution in [0.5, 0.6) is 0 Å². The van der Waals surface area contributed by atoms with Crippen LogP contribution in [0.1, 0.15) is 52.9 Å². The zero-order chi connectivity index (χ0) is 14.4. The fraction of sp³-hybridized carbons (Fsp3) is 1.00. The molecule has 0 aromatic carbocycles. The van der Waals surface area contributed by atoms with E-state index in [0.29, 0.717) is 18.8 Å². The molecular weight excluding hydrogens is 254 g/mol. The Bertz CT molecular complexity index is 271. The van der Waals surface area contributed by atoms with Crippen molar-refractivity contribution >= 4 is 0 Å². The van der Waals surface area contributed by atoms with Crippen molar-refractivity contribution in [2.45, 2.75) is 76.7 Å². The molecule has 0 spiro atoms. The van der Waals surface area contributed by atoms with Gasteiger partial charge in [0.2, 0.25) is 0 Å². The smallest absolute Gasteiger partial charge is 0.0813 e. The van der Waals surface area contributed by atoms with Crippen LogP contribution >= 0.6 is 0 Å². The summed E-state index contributed by atoms with van der Waals surface area (Å²) in [6.45, 7) is 9.84. The standard InChI is InChI=1S/C16H31NO3/c1-16(2,3)17-10-13-7-8-15(20-13)12-18-11-14-6-4-5-9-19-14/h13-15,17H,4-12H2,1-3H3. The van der Waals surface area contributed by atoms with Crippen molar-refractivity contribution in [1.82, 2.24) is 5.32 Å². The summed E-state index contributed by atoms with van der Waals surface area (Å²) in [7, 11) is 0. The summed E-state index contributed by atoms with van der Waals surface area (Å²) in [4.78, 5) is 0. The van der Waals surface area contributed by atoms with E-state index in [1.165, 1.54) is 12.8 Å². The summed E-state index contributed by atoms with van der Waals surface area (Å²) in [5, 5.41) is 3.51. The Morgan fingerprint density at radius 3 is 2.45 bits per heavy atom. The third kappa shape index (κ3) is 6.08. The van der Waals surface area contributed by atoms with Gasteiger partial charge < -0.3 is 19.5 Å². The fourth-order valence-corrected chi connectivity index (χ4v) is 2.74. The molecule has 0 radical (unpaired) electrons. The van der Waals surface area contributed by atoms with Crippen LogP contribution in [0.4, 0.5) is 0 Å². The molecule has 2 saturated heterocycles. The van der Waals surface area contributed by atoms with Gasteiger partial charge in [0.25, 0.3) is 0 Å². The summed E-state index contributed by atoms with van der Waals surface area (Å²) in [6.07, 6.45) is 6.78. The van der Waals surface area contributed by atoms with Crippen molar-refractivity contribution in [1.29, 1.82) is 0 Å². The Labute approximate surface area is 123 Å². The predicted molar refractivity (Wildman–Crippen MR) is 80.1 cm³/mol. The van der Waals surface area contributed by atoms with Crippen LogP contribution in [0.15, 0.2) is 0 Å². The van der Waals surface area contributed by atoms with E-state index in [-0.39, 0.29) is 11.6 Å². The van der Waals surface area contributed by atoms with Crippen LogP contribution in [-0.2, 0) is 14.2 Å². The lowest BCUT2D eigenvalue weighted by Crippen LogP contribution is -2.41. The van der Waals surface area contributed by atoms with Crippen LogP contribution < -0.4 is 5.32 Å². The first-order valence-electron chi connectivity index (χ1n) is 8.13. The molecule has 3 unspecified atom stereocenters. The molecule has 3 atom stereocenters. The molecule has 118 valence electrons. The van der Waals surface area contributed by atoms with E-state index in [1.807, 2.05) is 0 Å². The number of hydrogen-bond donors (Lipinski definition) is 1. The first-order valence-corrected chi connectivity index (χ1v) is 8.13. The second kappa shape index (κ2) is 7.74. The maximum Gasteiger partial charge on any atom is 0.0813 e. The summed E-state index contributed by atoms with van der Waals surface area (Å²) >= 11 is 0. The summed E-state index contributed by atoms with van der Waals surface area (Å²) < 4.78 is 17.5. The minimum absolute atomic E-state index is 0.163. The molecule has 0 amide bonds. The van der Waals surface area contributed by atoms with Crippen LogP contribution in [0.25, 0.3) is 0 Å². The monoisotopic (exact) mass is 285 g/mol. The van der Waals surface area contributed by atoms with Gasteiger partial charge in [0.15, 0.2) is 0 Å². The van der Waals surface area contributed by atoms with Crippen LogP contribution in [0.3, 0.4) is 0 Å². The molecule has 2 aliphatic rings. The van der Waals surface area contributed by atoms with E-state index in [2.05, 4.69) is 26.1 Å². The molecule has 4 heteroatoms. The molecule has 2 rings (SSSR count). The third-order valence-electron chi connectivity index (χ3n) is 3.94. The molecular formula is C16H31NO3. The molecule has 0 aromatic rings. The molecule has 0 aromatic heterocycles. The third-order valence-corrected chi connectivity index (χ3v) is 3.94. The van der Waals surface area contributed by atoms with Gasteiger partial charge in [-0.2, -0.15) is 0 Å². The Balaban J connectivity index is 1.54. The lowest BCUT2D eigenvalue weighted by Gasteiger charge is -2.24. The van der Waals surface area contributed by atoms with Crippen molar-refractivity contribution in [2.24, 2.45) is 0 Å². The minimum Gasteiger partial charge on any atom is -0.376 e. The minimum atomic E-state index is 0.163. The molecule has 0 saturated carbocycles. The van der Waals surface area contributed by atoms with E-state index < -0.39 is 0 Å². The molecule has 1 N–H and O–H groups in total. The summed E-state index contributed by atoms with van der Waals surface area (Å²) in [5.74, 6) is 0. The largest absolute Gasteiger partial charge is 0.376 e. The average Bonchev–Trinajstić information content (AvgIpc) is 2.85. The van der Waals surface area contributed by atoms with Gasteiger partial charge >= 0.3 is 0 Å². The van der Waals surface area contributed by atoms with Gasteiger partial charge in [-0.3, -0.25) is 0 Å². The van der Waals surface area contributed by atoms with E-state index in [4.69, 9.17) is 14.2 Å². The zero-order valence-electron chi connectivity index (χ0n) is 13.3. The topological polar surface area (TPSA) is 39.7 Å². The lowest BCUT2D eigenvalue weighted by molar-refractivity contribution is -0.0678. The maximum absolute atomic E-state index is 6.02. The normalized spacial score (nSPS) is 31.6. The van der Waals surface area contributed by atoms with Crippen molar-refractivity contribution < 1.29 is 14.2 Å². The van der Waals surface area contributed by atoms with Crippen LogP contribution in [-0.4, -0.2) is 50.2 Å². The van der Waals surface area contributed by atoms with E-state index in [0.717, 1.165) is 39.0 Å². The molecule has 20 heavy (non-hydrogen) atoms. The lowest BCUT2D eigenvalue weighted by atomic mass is 10.1. The first-order chi connectivity index (χ1) is 9.53. The van der Waals surface area contributed by atoms with E-state index >= 15 is 0 Å².